The highest BCUT2D eigenvalue weighted by Gasteiger charge is 2.09. The summed E-state index contributed by atoms with van der Waals surface area (Å²) in [6, 6.07) is 6.91. The lowest BCUT2D eigenvalue weighted by molar-refractivity contribution is -0.140. The van der Waals surface area contributed by atoms with Crippen molar-refractivity contribution in [3.8, 4) is 0 Å². The molecule has 0 bridgehead atoms. The van der Waals surface area contributed by atoms with E-state index in [9.17, 15) is 9.59 Å². The van der Waals surface area contributed by atoms with Gasteiger partial charge in [0.1, 0.15) is 0 Å². The van der Waals surface area contributed by atoms with E-state index in [4.69, 9.17) is 10.2 Å². The molecule has 0 fully saturated rings. The first-order valence-corrected chi connectivity index (χ1v) is 5.26. The van der Waals surface area contributed by atoms with Gasteiger partial charge in [-0.05, 0) is 17.7 Å². The zero-order chi connectivity index (χ0) is 12.8. The van der Waals surface area contributed by atoms with Gasteiger partial charge in [0.15, 0.2) is 0 Å². The average molecular weight is 237 g/mol. The molecule has 0 saturated carbocycles. The summed E-state index contributed by atoms with van der Waals surface area (Å²) in [5.41, 5.74) is 1.50. The van der Waals surface area contributed by atoms with Crippen LogP contribution in [0.15, 0.2) is 24.3 Å². The van der Waals surface area contributed by atoms with Crippen LogP contribution >= 0.6 is 0 Å². The predicted octanol–water partition coefficient (Wildman–Crippen LogP) is 1.45. The maximum atomic E-state index is 10.6. The number of hydrogen-bond acceptors (Lipinski definition) is 3. The quantitative estimate of drug-likeness (QED) is 0.697. The van der Waals surface area contributed by atoms with Crippen molar-refractivity contribution in [3.05, 3.63) is 29.8 Å². The first-order chi connectivity index (χ1) is 7.99. The van der Waals surface area contributed by atoms with Crippen molar-refractivity contribution in [2.24, 2.45) is 5.92 Å². The van der Waals surface area contributed by atoms with Crippen LogP contribution in [0.2, 0.25) is 0 Å². The lowest BCUT2D eigenvalue weighted by atomic mass is 10.1. The Bertz CT molecular complexity index is 399. The molecular formula is C12H15NO4. The number of hydrogen-bond donors (Lipinski definition) is 3. The highest BCUT2D eigenvalue weighted by Crippen LogP contribution is 2.10. The summed E-state index contributed by atoms with van der Waals surface area (Å²) in [5, 5.41) is 20.3. The Kier molecular flexibility index (Phi) is 4.51. The maximum Gasteiger partial charge on any atom is 0.308 e. The van der Waals surface area contributed by atoms with Gasteiger partial charge in [-0.25, -0.2) is 0 Å². The van der Waals surface area contributed by atoms with Gasteiger partial charge in [0.05, 0.1) is 12.3 Å². The van der Waals surface area contributed by atoms with Crippen molar-refractivity contribution >= 4 is 17.6 Å². The molecule has 0 aliphatic rings. The van der Waals surface area contributed by atoms with Gasteiger partial charge in [0, 0.05) is 12.2 Å². The van der Waals surface area contributed by atoms with Gasteiger partial charge < -0.3 is 15.5 Å². The summed E-state index contributed by atoms with van der Waals surface area (Å²) < 4.78 is 0. The molecule has 0 amide bonds. The normalized spacial score (nSPS) is 11.8. The van der Waals surface area contributed by atoms with Crippen LogP contribution in [-0.4, -0.2) is 28.7 Å². The molecule has 0 spiro atoms. The van der Waals surface area contributed by atoms with E-state index >= 15 is 0 Å². The van der Waals surface area contributed by atoms with Crippen molar-refractivity contribution in [1.29, 1.82) is 0 Å². The van der Waals surface area contributed by atoms with Crippen LogP contribution in [0.4, 0.5) is 5.69 Å². The van der Waals surface area contributed by atoms with Crippen molar-refractivity contribution in [2.75, 3.05) is 11.9 Å². The third-order valence-electron chi connectivity index (χ3n) is 2.34. The topological polar surface area (TPSA) is 86.6 Å². The SMILES string of the molecule is CC(CNc1ccc(CC(=O)O)cc1)C(=O)O. The Balaban J connectivity index is 2.51. The van der Waals surface area contributed by atoms with Crippen molar-refractivity contribution in [3.63, 3.8) is 0 Å². The van der Waals surface area contributed by atoms with Crippen LogP contribution in [-0.2, 0) is 16.0 Å². The molecule has 17 heavy (non-hydrogen) atoms. The summed E-state index contributed by atoms with van der Waals surface area (Å²) in [7, 11) is 0. The number of rotatable bonds is 6. The number of carboxylic acids is 2. The zero-order valence-corrected chi connectivity index (χ0v) is 9.51. The second-order valence-electron chi connectivity index (χ2n) is 3.89. The number of benzene rings is 1. The molecule has 0 aliphatic heterocycles. The molecule has 0 aromatic heterocycles. The van der Waals surface area contributed by atoms with Crippen molar-refractivity contribution < 1.29 is 19.8 Å². The van der Waals surface area contributed by atoms with Gasteiger partial charge in [-0.3, -0.25) is 9.59 Å². The molecule has 1 rings (SSSR count). The number of anilines is 1. The Morgan fingerprint density at radius 3 is 2.29 bits per heavy atom. The second-order valence-corrected chi connectivity index (χ2v) is 3.89. The maximum absolute atomic E-state index is 10.6. The minimum Gasteiger partial charge on any atom is -0.481 e. The lowest BCUT2D eigenvalue weighted by Gasteiger charge is -2.09. The molecule has 5 nitrogen and oxygen atoms in total. The molecular weight excluding hydrogens is 222 g/mol. The second kappa shape index (κ2) is 5.89. The zero-order valence-electron chi connectivity index (χ0n) is 9.51. The largest absolute Gasteiger partial charge is 0.481 e. The van der Waals surface area contributed by atoms with E-state index in [1.807, 2.05) is 0 Å². The molecule has 3 N–H and O–H groups in total. The van der Waals surface area contributed by atoms with E-state index in [2.05, 4.69) is 5.32 Å². The number of nitrogens with one attached hydrogen (secondary N) is 1. The van der Waals surface area contributed by atoms with Crippen molar-refractivity contribution in [1.82, 2.24) is 0 Å². The van der Waals surface area contributed by atoms with E-state index in [0.29, 0.717) is 12.1 Å². The van der Waals surface area contributed by atoms with Gasteiger partial charge >= 0.3 is 11.9 Å². The van der Waals surface area contributed by atoms with E-state index in [1.165, 1.54) is 0 Å². The Hall–Kier alpha value is -2.04. The van der Waals surface area contributed by atoms with Gasteiger partial charge in [0.25, 0.3) is 0 Å². The number of carbonyl (C=O) groups is 2. The summed E-state index contributed by atoms with van der Waals surface area (Å²) >= 11 is 0. The van der Waals surface area contributed by atoms with Crippen LogP contribution in [0.1, 0.15) is 12.5 Å². The molecule has 1 unspecified atom stereocenters. The minimum absolute atomic E-state index is 0.00813. The van der Waals surface area contributed by atoms with E-state index in [1.54, 1.807) is 31.2 Å². The van der Waals surface area contributed by atoms with Crippen LogP contribution in [0.3, 0.4) is 0 Å². The Labute approximate surface area is 99.1 Å². The van der Waals surface area contributed by atoms with E-state index in [-0.39, 0.29) is 6.42 Å². The van der Waals surface area contributed by atoms with Crippen LogP contribution in [0, 0.1) is 5.92 Å². The monoisotopic (exact) mass is 237 g/mol. The summed E-state index contributed by atoms with van der Waals surface area (Å²) in [4.78, 5) is 21.1. The Morgan fingerprint density at radius 2 is 1.82 bits per heavy atom. The van der Waals surface area contributed by atoms with Crippen LogP contribution in [0.5, 0.6) is 0 Å². The van der Waals surface area contributed by atoms with Crippen molar-refractivity contribution in [2.45, 2.75) is 13.3 Å². The van der Waals surface area contributed by atoms with Gasteiger partial charge in [-0.1, -0.05) is 19.1 Å². The number of aliphatic carboxylic acids is 2. The standard InChI is InChI=1S/C12H15NO4/c1-8(12(16)17)7-13-10-4-2-9(3-5-10)6-11(14)15/h2-5,8,13H,6-7H2,1H3,(H,14,15)(H,16,17). The minimum atomic E-state index is -0.870. The fourth-order valence-corrected chi connectivity index (χ4v) is 1.27. The smallest absolute Gasteiger partial charge is 0.308 e. The lowest BCUT2D eigenvalue weighted by Crippen LogP contribution is -2.19. The highest BCUT2D eigenvalue weighted by molar-refractivity contribution is 5.71. The summed E-state index contributed by atoms with van der Waals surface area (Å²) in [5.74, 6) is -2.18. The Morgan fingerprint density at radius 1 is 1.24 bits per heavy atom. The van der Waals surface area contributed by atoms with E-state index < -0.39 is 17.9 Å². The first kappa shape index (κ1) is 13.0. The highest BCUT2D eigenvalue weighted by atomic mass is 16.4. The molecule has 0 saturated heterocycles. The van der Waals surface area contributed by atoms with E-state index in [0.717, 1.165) is 5.69 Å². The fourth-order valence-electron chi connectivity index (χ4n) is 1.27. The fraction of sp³-hybridized carbons (Fsp3) is 0.333. The van der Waals surface area contributed by atoms with Gasteiger partial charge in [-0.2, -0.15) is 0 Å². The first-order valence-electron chi connectivity index (χ1n) is 5.26. The van der Waals surface area contributed by atoms with Crippen LogP contribution in [0.25, 0.3) is 0 Å². The van der Waals surface area contributed by atoms with Crippen LogP contribution < -0.4 is 5.32 Å². The molecule has 1 aromatic rings. The molecule has 0 radical (unpaired) electrons. The summed E-state index contributed by atoms with van der Waals surface area (Å²) in [6.07, 6.45) is -0.00813. The predicted molar refractivity (Wildman–Crippen MR) is 63.1 cm³/mol. The molecule has 5 heteroatoms. The molecule has 1 atom stereocenters. The molecule has 0 aliphatic carbocycles. The van der Waals surface area contributed by atoms with Gasteiger partial charge in [0.2, 0.25) is 0 Å². The summed E-state index contributed by atoms with van der Waals surface area (Å²) in [6.45, 7) is 1.96. The third-order valence-corrected chi connectivity index (χ3v) is 2.34. The molecule has 92 valence electrons. The molecule has 0 heterocycles. The average Bonchev–Trinajstić information content (AvgIpc) is 2.26. The number of carboxylic acid groups (broad SMARTS) is 2. The third kappa shape index (κ3) is 4.55. The van der Waals surface area contributed by atoms with Gasteiger partial charge in [-0.15, -0.1) is 0 Å². The molecule has 1 aromatic carbocycles.